The van der Waals surface area contributed by atoms with Crippen LogP contribution in [0.1, 0.15) is 97.5 Å². The number of halogens is 3. The monoisotopic (exact) mass is 671 g/mol. The van der Waals surface area contributed by atoms with Crippen LogP contribution in [0.25, 0.3) is 0 Å². The molecule has 0 saturated heterocycles. The van der Waals surface area contributed by atoms with Crippen molar-refractivity contribution in [1.29, 1.82) is 0 Å². The van der Waals surface area contributed by atoms with Crippen molar-refractivity contribution in [2.45, 2.75) is 135 Å². The van der Waals surface area contributed by atoms with Gasteiger partial charge in [0.1, 0.15) is 18.1 Å². The highest BCUT2D eigenvalue weighted by Crippen LogP contribution is 2.24. The fraction of sp³-hybridized carbons (Fsp3) is 0.667. The number of aliphatic hydroxyl groups is 1. The molecule has 0 saturated carbocycles. The Kier molecular flexibility index (Phi) is 18.7. The van der Waals surface area contributed by atoms with E-state index in [-0.39, 0.29) is 24.7 Å². The molecule has 0 bridgehead atoms. The van der Waals surface area contributed by atoms with Gasteiger partial charge in [0.05, 0.1) is 6.04 Å². The summed E-state index contributed by atoms with van der Waals surface area (Å²) in [5.41, 5.74) is 5.70. The van der Waals surface area contributed by atoms with Crippen molar-refractivity contribution >= 4 is 29.5 Å². The second-order valence-electron chi connectivity index (χ2n) is 12.2. The largest absolute Gasteiger partial charge is 0.416 e. The molecule has 0 aliphatic heterocycles. The fourth-order valence-corrected chi connectivity index (χ4v) is 4.87. The average molecular weight is 672 g/mol. The summed E-state index contributed by atoms with van der Waals surface area (Å²) in [5.74, 6) is -4.00. The number of rotatable bonds is 22. The van der Waals surface area contributed by atoms with E-state index < -0.39 is 72.9 Å². The number of unbranched alkanes of at least 4 members (excludes halogenated alkanes) is 6. The summed E-state index contributed by atoms with van der Waals surface area (Å²) in [5, 5.41) is 19.6. The van der Waals surface area contributed by atoms with Crippen LogP contribution >= 0.6 is 0 Å². The molecule has 2 unspecified atom stereocenters. The molecule has 0 aliphatic rings. The fourth-order valence-electron chi connectivity index (χ4n) is 4.87. The van der Waals surface area contributed by atoms with Gasteiger partial charge in [-0.25, -0.2) is 0 Å². The topological polar surface area (TPSA) is 180 Å². The summed E-state index contributed by atoms with van der Waals surface area (Å²) in [4.78, 5) is 63.4. The number of carbonyl (C=O) groups excluding carboxylic acids is 5. The second-order valence-corrected chi connectivity index (χ2v) is 12.2. The van der Waals surface area contributed by atoms with Crippen LogP contribution in [0.5, 0.6) is 0 Å². The number of nitrogens with one attached hydrogen (secondary N) is 4. The zero-order chi connectivity index (χ0) is 35.6. The molecule has 1 aromatic rings. The molecular weight excluding hydrogens is 619 g/mol. The van der Waals surface area contributed by atoms with Gasteiger partial charge in [0.2, 0.25) is 29.5 Å². The molecule has 0 aromatic heterocycles. The van der Waals surface area contributed by atoms with Gasteiger partial charge in [-0.05, 0) is 31.2 Å². The van der Waals surface area contributed by atoms with Crippen LogP contribution in [0.2, 0.25) is 0 Å². The average Bonchev–Trinajstić information content (AvgIpc) is 3.00. The van der Waals surface area contributed by atoms with Gasteiger partial charge in [0, 0.05) is 19.3 Å². The molecule has 266 valence electrons. The number of nitrogens with two attached hydrogens (primary N) is 1. The molecule has 5 amide bonds. The van der Waals surface area contributed by atoms with Crippen LogP contribution < -0.4 is 27.0 Å². The Bertz CT molecular complexity index is 1140. The van der Waals surface area contributed by atoms with Crippen molar-refractivity contribution in [3.8, 4) is 0 Å². The smallest absolute Gasteiger partial charge is 0.382 e. The molecule has 5 atom stereocenters. The van der Waals surface area contributed by atoms with Crippen LogP contribution in [-0.4, -0.2) is 71.1 Å². The predicted molar refractivity (Wildman–Crippen MR) is 171 cm³/mol. The molecule has 0 fully saturated rings. The second kappa shape index (κ2) is 21.2. The minimum Gasteiger partial charge on any atom is -0.382 e. The van der Waals surface area contributed by atoms with Crippen LogP contribution in [0.4, 0.5) is 13.2 Å². The van der Waals surface area contributed by atoms with Crippen molar-refractivity contribution in [3.63, 3.8) is 0 Å². The lowest BCUT2D eigenvalue weighted by Crippen LogP contribution is -2.59. The van der Waals surface area contributed by atoms with E-state index >= 15 is 0 Å². The van der Waals surface area contributed by atoms with E-state index in [4.69, 9.17) is 5.73 Å². The van der Waals surface area contributed by atoms with Gasteiger partial charge in [-0.2, -0.15) is 13.2 Å². The number of alkyl halides is 3. The van der Waals surface area contributed by atoms with Gasteiger partial charge in [-0.1, -0.05) is 89.6 Å². The van der Waals surface area contributed by atoms with Crippen molar-refractivity contribution < 1.29 is 42.3 Å². The quantitative estimate of drug-likeness (QED) is 0.103. The Balaban J connectivity index is 2.97. The first-order valence-electron chi connectivity index (χ1n) is 16.3. The number of hydrogen-bond donors (Lipinski definition) is 6. The molecule has 0 heterocycles. The lowest BCUT2D eigenvalue weighted by molar-refractivity contribution is -0.212. The maximum atomic E-state index is 13.4. The minimum absolute atomic E-state index is 0.0115. The van der Waals surface area contributed by atoms with E-state index in [1.54, 1.807) is 44.2 Å². The van der Waals surface area contributed by atoms with Gasteiger partial charge < -0.3 is 32.1 Å². The summed E-state index contributed by atoms with van der Waals surface area (Å²) in [7, 11) is 0. The van der Waals surface area contributed by atoms with Gasteiger partial charge >= 0.3 is 6.18 Å². The molecule has 47 heavy (non-hydrogen) atoms. The van der Waals surface area contributed by atoms with Crippen molar-refractivity contribution in [2.75, 3.05) is 0 Å². The Morgan fingerprint density at radius 1 is 0.787 bits per heavy atom. The lowest BCUT2D eigenvalue weighted by atomic mass is 10.00. The van der Waals surface area contributed by atoms with E-state index in [1.807, 2.05) is 5.32 Å². The number of aliphatic hydroxyl groups excluding tert-OH is 1. The minimum atomic E-state index is -5.09. The number of benzene rings is 1. The van der Waals surface area contributed by atoms with Gasteiger partial charge in [-0.15, -0.1) is 0 Å². The van der Waals surface area contributed by atoms with E-state index in [0.29, 0.717) is 12.0 Å². The Morgan fingerprint density at radius 2 is 1.38 bits per heavy atom. The molecule has 0 spiro atoms. The third-order valence-electron chi connectivity index (χ3n) is 7.69. The Labute approximate surface area is 275 Å². The molecule has 0 radical (unpaired) electrons. The third-order valence-corrected chi connectivity index (χ3v) is 7.69. The van der Waals surface area contributed by atoms with Crippen LogP contribution in [-0.2, 0) is 30.4 Å². The normalized spacial score (nSPS) is 14.7. The van der Waals surface area contributed by atoms with Crippen LogP contribution in [0.15, 0.2) is 30.3 Å². The van der Waals surface area contributed by atoms with Gasteiger partial charge in [0.25, 0.3) is 0 Å². The molecular formula is C33H52F3N5O6. The molecule has 7 N–H and O–H groups in total. The highest BCUT2D eigenvalue weighted by Gasteiger charge is 2.44. The van der Waals surface area contributed by atoms with E-state index in [0.717, 1.165) is 32.1 Å². The zero-order valence-corrected chi connectivity index (χ0v) is 27.8. The van der Waals surface area contributed by atoms with Crippen molar-refractivity contribution in [1.82, 2.24) is 21.3 Å². The van der Waals surface area contributed by atoms with Gasteiger partial charge in [0.15, 0.2) is 6.10 Å². The summed E-state index contributed by atoms with van der Waals surface area (Å²) < 4.78 is 39.6. The number of amides is 5. The summed E-state index contributed by atoms with van der Waals surface area (Å²) in [6, 6.07) is 3.25. The summed E-state index contributed by atoms with van der Waals surface area (Å²) >= 11 is 0. The third kappa shape index (κ3) is 16.6. The first-order valence-corrected chi connectivity index (χ1v) is 16.3. The molecule has 1 aromatic carbocycles. The maximum Gasteiger partial charge on any atom is 0.416 e. The molecule has 11 nitrogen and oxygen atoms in total. The van der Waals surface area contributed by atoms with Crippen LogP contribution in [0, 0.1) is 5.92 Å². The van der Waals surface area contributed by atoms with E-state index in [1.165, 1.54) is 13.3 Å². The lowest BCUT2D eigenvalue weighted by Gasteiger charge is -2.28. The maximum absolute atomic E-state index is 13.4. The number of carbonyl (C=O) groups is 5. The van der Waals surface area contributed by atoms with Gasteiger partial charge in [-0.3, -0.25) is 24.0 Å². The summed E-state index contributed by atoms with van der Waals surface area (Å²) in [6.45, 7) is 6.87. The SMILES string of the molecule is CCCCCCCCCC(=O)N[C@H](C(=O)N[C@@H](Cc1ccccc1)C(=O)N[C@@H](C)C(=O)NC(CCC(N)=O)C(O)C(F)(F)F)C(C)C. The van der Waals surface area contributed by atoms with Crippen molar-refractivity contribution in [3.05, 3.63) is 35.9 Å². The summed E-state index contributed by atoms with van der Waals surface area (Å²) in [6.07, 6.45) is -1.68. The van der Waals surface area contributed by atoms with Crippen molar-refractivity contribution in [2.24, 2.45) is 11.7 Å². The van der Waals surface area contributed by atoms with E-state index in [9.17, 15) is 42.3 Å². The predicted octanol–water partition coefficient (Wildman–Crippen LogP) is 3.17. The van der Waals surface area contributed by atoms with Crippen LogP contribution in [0.3, 0.4) is 0 Å². The zero-order valence-electron chi connectivity index (χ0n) is 27.8. The first kappa shape index (κ1) is 41.3. The highest BCUT2D eigenvalue weighted by atomic mass is 19.4. The molecule has 1 rings (SSSR count). The standard InChI is InChI=1S/C33H52F3N5O6/c1-5-6-7-8-9-10-14-17-27(43)41-28(21(2)3)32(47)40-25(20-23-15-12-11-13-16-23)31(46)38-22(4)30(45)39-24(18-19-26(37)42)29(44)33(34,35)36/h11-13,15-16,21-22,24-25,28-29,44H,5-10,14,17-20H2,1-4H3,(H2,37,42)(H,38,46)(H,39,45)(H,40,47)(H,41,43)/t22-,24?,25-,28-,29?/m0/s1. The first-order chi connectivity index (χ1) is 22.1. The molecule has 14 heteroatoms. The highest BCUT2D eigenvalue weighted by molar-refractivity contribution is 5.94. The molecule has 0 aliphatic carbocycles. The Morgan fingerprint density at radius 3 is 1.94 bits per heavy atom. The Hall–Kier alpha value is -3.68. The van der Waals surface area contributed by atoms with E-state index in [2.05, 4.69) is 22.9 Å². The number of hydrogen-bond acceptors (Lipinski definition) is 6. The number of primary amides is 1.